The van der Waals surface area contributed by atoms with Gasteiger partial charge >= 0.3 is 0 Å². The lowest BCUT2D eigenvalue weighted by atomic mass is 9.77. The maximum atomic E-state index is 9.39. The van der Waals surface area contributed by atoms with Crippen molar-refractivity contribution in [1.29, 1.82) is 0 Å². The highest BCUT2D eigenvalue weighted by atomic mass is 16.3. The number of aromatic hydroxyl groups is 1. The van der Waals surface area contributed by atoms with E-state index in [-0.39, 0.29) is 5.75 Å². The third-order valence-electron chi connectivity index (χ3n) is 5.83. The molecule has 140 valence electrons. The van der Waals surface area contributed by atoms with Gasteiger partial charge in [-0.2, -0.15) is 0 Å². The van der Waals surface area contributed by atoms with Crippen molar-refractivity contribution in [3.8, 4) is 17.1 Å². The Balaban J connectivity index is 1.46. The third-order valence-corrected chi connectivity index (χ3v) is 5.83. The Labute approximate surface area is 157 Å². The molecule has 1 fully saturated rings. The first-order chi connectivity index (χ1) is 12.8. The molecule has 0 atom stereocenters. The van der Waals surface area contributed by atoms with Crippen LogP contribution in [0.25, 0.3) is 11.4 Å². The van der Waals surface area contributed by atoms with Gasteiger partial charge in [0, 0.05) is 18.0 Å². The van der Waals surface area contributed by atoms with Gasteiger partial charge in [0.1, 0.15) is 5.75 Å². The maximum Gasteiger partial charge on any atom is 0.159 e. The summed E-state index contributed by atoms with van der Waals surface area (Å²) in [4.78, 5) is 9.12. The van der Waals surface area contributed by atoms with Gasteiger partial charge in [0.25, 0.3) is 0 Å². The molecule has 1 aliphatic rings. The van der Waals surface area contributed by atoms with Crippen molar-refractivity contribution in [3.05, 3.63) is 42.2 Å². The molecule has 0 bridgehead atoms. The molecule has 1 saturated carbocycles. The van der Waals surface area contributed by atoms with Crippen molar-refractivity contribution in [2.75, 3.05) is 0 Å². The second-order valence-electron chi connectivity index (χ2n) is 7.81. The van der Waals surface area contributed by atoms with E-state index in [0.29, 0.717) is 5.92 Å². The highest BCUT2D eigenvalue weighted by Gasteiger charge is 2.22. The molecule has 26 heavy (non-hydrogen) atoms. The lowest BCUT2D eigenvalue weighted by molar-refractivity contribution is 0.301. The van der Waals surface area contributed by atoms with Gasteiger partial charge in [0.2, 0.25) is 0 Å². The maximum absolute atomic E-state index is 9.39. The molecule has 1 heterocycles. The summed E-state index contributed by atoms with van der Waals surface area (Å²) in [6, 6.07) is 7.07. The van der Waals surface area contributed by atoms with E-state index in [2.05, 4.69) is 16.9 Å². The zero-order valence-electron chi connectivity index (χ0n) is 16.0. The van der Waals surface area contributed by atoms with Crippen molar-refractivity contribution in [2.45, 2.75) is 77.0 Å². The average Bonchev–Trinajstić information content (AvgIpc) is 2.69. The number of aromatic nitrogens is 2. The lowest BCUT2D eigenvalue weighted by Crippen LogP contribution is -2.14. The van der Waals surface area contributed by atoms with Crippen LogP contribution in [0.15, 0.2) is 36.7 Å². The van der Waals surface area contributed by atoms with Crippen LogP contribution in [-0.4, -0.2) is 15.1 Å². The van der Waals surface area contributed by atoms with Crippen LogP contribution >= 0.6 is 0 Å². The van der Waals surface area contributed by atoms with Crippen LogP contribution in [0.3, 0.4) is 0 Å². The van der Waals surface area contributed by atoms with Gasteiger partial charge < -0.3 is 5.11 Å². The number of hydrogen-bond donors (Lipinski definition) is 1. The second kappa shape index (κ2) is 9.70. The fraction of sp³-hybridized carbons (Fsp3) is 0.565. The molecule has 1 aromatic heterocycles. The molecular weight excluding hydrogens is 320 g/mol. The summed E-state index contributed by atoms with van der Waals surface area (Å²) in [5.74, 6) is 2.56. The Morgan fingerprint density at radius 3 is 2.19 bits per heavy atom. The number of phenols is 1. The summed E-state index contributed by atoms with van der Waals surface area (Å²) in [6.07, 6.45) is 17.7. The highest BCUT2D eigenvalue weighted by Crippen LogP contribution is 2.37. The molecule has 3 nitrogen and oxygen atoms in total. The van der Waals surface area contributed by atoms with Crippen LogP contribution in [-0.2, 0) is 0 Å². The molecule has 3 heteroatoms. The van der Waals surface area contributed by atoms with Crippen LogP contribution in [0, 0.1) is 5.92 Å². The molecule has 0 saturated heterocycles. The predicted octanol–water partition coefficient (Wildman–Crippen LogP) is 6.48. The number of unbranched alkanes of at least 4 members (excludes halogenated alkanes) is 4. The smallest absolute Gasteiger partial charge is 0.159 e. The van der Waals surface area contributed by atoms with Gasteiger partial charge in [-0.3, -0.25) is 0 Å². The molecule has 1 aromatic carbocycles. The van der Waals surface area contributed by atoms with Crippen LogP contribution in [0.4, 0.5) is 0 Å². The van der Waals surface area contributed by atoms with Crippen LogP contribution in [0.2, 0.25) is 0 Å². The fourth-order valence-corrected chi connectivity index (χ4v) is 4.13. The standard InChI is InChI=1S/C23H32N2O/c1-2-3-4-5-6-7-18-8-10-19(11-9-18)21-16-24-23(25-17-21)20-12-14-22(26)15-13-20/h12-19,26H,2-11H2,1H3/t18-,19-. The first kappa shape index (κ1) is 18.9. The van der Waals surface area contributed by atoms with Gasteiger partial charge in [-0.25, -0.2) is 9.97 Å². The van der Waals surface area contributed by atoms with Gasteiger partial charge in [0.15, 0.2) is 5.82 Å². The molecule has 2 aromatic rings. The second-order valence-corrected chi connectivity index (χ2v) is 7.81. The van der Waals surface area contributed by atoms with Gasteiger partial charge in [-0.1, -0.05) is 45.4 Å². The summed E-state index contributed by atoms with van der Waals surface area (Å²) in [6.45, 7) is 2.28. The van der Waals surface area contributed by atoms with E-state index in [9.17, 15) is 5.11 Å². The Kier molecular flexibility index (Phi) is 7.04. The zero-order valence-corrected chi connectivity index (χ0v) is 16.0. The van der Waals surface area contributed by atoms with E-state index in [0.717, 1.165) is 17.3 Å². The number of hydrogen-bond acceptors (Lipinski definition) is 3. The van der Waals surface area contributed by atoms with E-state index in [1.54, 1.807) is 12.1 Å². The number of rotatable bonds is 8. The highest BCUT2D eigenvalue weighted by molar-refractivity contribution is 5.55. The summed E-state index contributed by atoms with van der Waals surface area (Å²) in [5, 5.41) is 9.39. The normalized spacial score (nSPS) is 20.2. The van der Waals surface area contributed by atoms with E-state index in [1.165, 1.54) is 69.8 Å². The van der Waals surface area contributed by atoms with Gasteiger partial charge in [-0.05, 0) is 67.3 Å². The Bertz CT molecular complexity index is 643. The number of benzene rings is 1. The first-order valence-corrected chi connectivity index (χ1v) is 10.4. The largest absolute Gasteiger partial charge is 0.508 e. The molecular formula is C23H32N2O. The van der Waals surface area contributed by atoms with Gasteiger partial charge in [-0.15, -0.1) is 0 Å². The van der Waals surface area contributed by atoms with E-state index in [4.69, 9.17) is 0 Å². The Morgan fingerprint density at radius 2 is 1.54 bits per heavy atom. The quantitative estimate of drug-likeness (QED) is 0.553. The molecule has 0 amide bonds. The molecule has 1 aliphatic carbocycles. The monoisotopic (exact) mass is 352 g/mol. The zero-order chi connectivity index (χ0) is 18.2. The van der Waals surface area contributed by atoms with Crippen LogP contribution in [0.1, 0.15) is 82.6 Å². The number of nitrogens with zero attached hydrogens (tertiary/aromatic N) is 2. The minimum Gasteiger partial charge on any atom is -0.508 e. The Hall–Kier alpha value is -1.90. The summed E-state index contributed by atoms with van der Waals surface area (Å²) in [7, 11) is 0. The van der Waals surface area contributed by atoms with Crippen LogP contribution in [0.5, 0.6) is 5.75 Å². The van der Waals surface area contributed by atoms with Crippen molar-refractivity contribution in [2.24, 2.45) is 5.92 Å². The minimum atomic E-state index is 0.271. The summed E-state index contributed by atoms with van der Waals surface area (Å²) >= 11 is 0. The molecule has 0 aliphatic heterocycles. The Morgan fingerprint density at radius 1 is 0.885 bits per heavy atom. The van der Waals surface area contributed by atoms with Crippen molar-refractivity contribution >= 4 is 0 Å². The van der Waals surface area contributed by atoms with Crippen LogP contribution < -0.4 is 0 Å². The summed E-state index contributed by atoms with van der Waals surface area (Å²) < 4.78 is 0. The molecule has 1 N–H and O–H groups in total. The topological polar surface area (TPSA) is 46.0 Å². The van der Waals surface area contributed by atoms with Crippen molar-refractivity contribution in [1.82, 2.24) is 9.97 Å². The van der Waals surface area contributed by atoms with E-state index >= 15 is 0 Å². The fourth-order valence-electron chi connectivity index (χ4n) is 4.13. The molecule has 3 rings (SSSR count). The van der Waals surface area contributed by atoms with E-state index in [1.807, 2.05) is 24.5 Å². The molecule has 0 radical (unpaired) electrons. The van der Waals surface area contributed by atoms with E-state index < -0.39 is 0 Å². The average molecular weight is 353 g/mol. The number of phenolic OH excluding ortho intramolecular Hbond substituents is 1. The predicted molar refractivity (Wildman–Crippen MR) is 107 cm³/mol. The van der Waals surface area contributed by atoms with Crippen molar-refractivity contribution < 1.29 is 5.11 Å². The van der Waals surface area contributed by atoms with Crippen molar-refractivity contribution in [3.63, 3.8) is 0 Å². The molecule has 0 spiro atoms. The minimum absolute atomic E-state index is 0.271. The lowest BCUT2D eigenvalue weighted by Gasteiger charge is -2.28. The third kappa shape index (κ3) is 5.30. The molecule has 0 unspecified atom stereocenters. The van der Waals surface area contributed by atoms with Gasteiger partial charge in [0.05, 0.1) is 0 Å². The SMILES string of the molecule is CCCCCCC[C@H]1CC[C@H](c2cnc(-c3ccc(O)cc3)nc2)CC1. The summed E-state index contributed by atoms with van der Waals surface area (Å²) in [5.41, 5.74) is 2.23. The first-order valence-electron chi connectivity index (χ1n) is 10.4.